The van der Waals surface area contributed by atoms with Crippen LogP contribution in [0.25, 0.3) is 0 Å². The average Bonchev–Trinajstić information content (AvgIpc) is 2.33. The molecule has 0 fully saturated rings. The van der Waals surface area contributed by atoms with E-state index in [0.717, 1.165) is 4.68 Å². The lowest BCUT2D eigenvalue weighted by Crippen LogP contribution is -2.10. The van der Waals surface area contributed by atoms with Crippen molar-refractivity contribution in [2.75, 3.05) is 0 Å². The van der Waals surface area contributed by atoms with Crippen LogP contribution in [0.4, 0.5) is 0 Å². The summed E-state index contributed by atoms with van der Waals surface area (Å²) >= 11 is 0. The summed E-state index contributed by atoms with van der Waals surface area (Å²) in [5.74, 6) is 0.477. The van der Waals surface area contributed by atoms with Crippen LogP contribution in [0.15, 0.2) is 12.4 Å². The fourth-order valence-corrected chi connectivity index (χ4v) is 0.730. The molecule has 0 aliphatic carbocycles. The molecule has 0 atom stereocenters. The van der Waals surface area contributed by atoms with Gasteiger partial charge in [-0.2, -0.15) is 0 Å². The zero-order chi connectivity index (χ0) is 7.56. The molecule has 0 radical (unpaired) electrons. The molecular weight excluding hydrogens is 134 g/mol. The fourth-order valence-electron chi connectivity index (χ4n) is 0.730. The molecule has 0 aliphatic rings. The molecule has 0 amide bonds. The topological polar surface area (TPSA) is 61.0 Å². The van der Waals surface area contributed by atoms with Gasteiger partial charge in [-0.25, -0.2) is 15.1 Å². The van der Waals surface area contributed by atoms with Gasteiger partial charge in [0.1, 0.15) is 0 Å². The Morgan fingerprint density at radius 2 is 2.60 bits per heavy atom. The summed E-state index contributed by atoms with van der Waals surface area (Å²) in [6, 6.07) is 0. The standard InChI is InChI=1S/C5H7N3O2/c1-2-5-6-3-4-7(5)8(9)10/h3-4H,2H2,1H3. The predicted octanol–water partition coefficient (Wildman–Crippen LogP) is 0.485. The van der Waals surface area contributed by atoms with Crippen LogP contribution >= 0.6 is 0 Å². The van der Waals surface area contributed by atoms with E-state index in [9.17, 15) is 10.1 Å². The van der Waals surface area contributed by atoms with Crippen LogP contribution in [-0.2, 0) is 6.42 Å². The number of aryl methyl sites for hydroxylation is 1. The molecule has 1 heterocycles. The maximum Gasteiger partial charge on any atom is 0.175 e. The Kier molecular flexibility index (Phi) is 1.66. The number of nitrogens with zero attached hydrogens (tertiary/aromatic N) is 3. The molecular formula is C5H7N3O2. The van der Waals surface area contributed by atoms with Crippen LogP contribution in [0.5, 0.6) is 0 Å². The maximum absolute atomic E-state index is 10.2. The van der Waals surface area contributed by atoms with Crippen molar-refractivity contribution in [1.82, 2.24) is 9.66 Å². The quantitative estimate of drug-likeness (QED) is 0.444. The third-order valence-corrected chi connectivity index (χ3v) is 1.19. The summed E-state index contributed by atoms with van der Waals surface area (Å²) in [4.78, 5) is 13.9. The van der Waals surface area contributed by atoms with Crippen molar-refractivity contribution in [2.45, 2.75) is 13.3 Å². The first-order chi connectivity index (χ1) is 4.75. The molecule has 0 aromatic carbocycles. The third kappa shape index (κ3) is 0.975. The van der Waals surface area contributed by atoms with Crippen LogP contribution < -0.4 is 0 Å². The second kappa shape index (κ2) is 2.47. The van der Waals surface area contributed by atoms with Gasteiger partial charge in [-0.05, 0) is 0 Å². The second-order valence-electron chi connectivity index (χ2n) is 1.78. The number of hydrogen-bond acceptors (Lipinski definition) is 3. The Morgan fingerprint density at radius 1 is 1.90 bits per heavy atom. The van der Waals surface area contributed by atoms with E-state index < -0.39 is 5.03 Å². The first kappa shape index (κ1) is 6.73. The number of nitro groups is 1. The minimum absolute atomic E-state index is 0.477. The molecule has 0 saturated heterocycles. The Balaban J connectivity index is 3.01. The monoisotopic (exact) mass is 141 g/mol. The molecule has 0 unspecified atom stereocenters. The van der Waals surface area contributed by atoms with Crippen LogP contribution in [0.1, 0.15) is 12.7 Å². The molecule has 5 nitrogen and oxygen atoms in total. The van der Waals surface area contributed by atoms with E-state index in [4.69, 9.17) is 0 Å². The SMILES string of the molecule is CCc1nccn1[N+](=O)[O-]. The number of hydrogen-bond donors (Lipinski definition) is 0. The highest BCUT2D eigenvalue weighted by Gasteiger charge is 2.06. The van der Waals surface area contributed by atoms with Crippen LogP contribution in [0.2, 0.25) is 0 Å². The number of rotatable bonds is 2. The lowest BCUT2D eigenvalue weighted by molar-refractivity contribution is -0.543. The van der Waals surface area contributed by atoms with Crippen molar-refractivity contribution < 1.29 is 5.03 Å². The lowest BCUT2D eigenvalue weighted by atomic mass is 10.5. The molecule has 5 heteroatoms. The largest absolute Gasteiger partial charge is 0.236 e. The molecule has 1 aromatic rings. The minimum Gasteiger partial charge on any atom is -0.236 e. The highest BCUT2D eigenvalue weighted by Crippen LogP contribution is 1.95. The molecule has 0 N–H and O–H groups in total. The van der Waals surface area contributed by atoms with Gasteiger partial charge in [0.15, 0.2) is 10.9 Å². The molecule has 1 rings (SSSR count). The Labute approximate surface area is 57.4 Å². The van der Waals surface area contributed by atoms with E-state index in [1.54, 1.807) is 0 Å². The van der Waals surface area contributed by atoms with Crippen molar-refractivity contribution in [3.05, 3.63) is 28.3 Å². The van der Waals surface area contributed by atoms with Crippen molar-refractivity contribution >= 4 is 0 Å². The Hall–Kier alpha value is -1.39. The summed E-state index contributed by atoms with van der Waals surface area (Å²) in [6.07, 6.45) is 3.33. The zero-order valence-electron chi connectivity index (χ0n) is 5.52. The molecule has 0 saturated carbocycles. The number of imidazole rings is 1. The zero-order valence-corrected chi connectivity index (χ0v) is 5.52. The van der Waals surface area contributed by atoms with Crippen molar-refractivity contribution in [1.29, 1.82) is 0 Å². The first-order valence-electron chi connectivity index (χ1n) is 2.92. The predicted molar refractivity (Wildman–Crippen MR) is 34.0 cm³/mol. The van der Waals surface area contributed by atoms with Gasteiger partial charge in [0, 0.05) is 6.42 Å². The second-order valence-corrected chi connectivity index (χ2v) is 1.78. The molecule has 0 bridgehead atoms. The van der Waals surface area contributed by atoms with Gasteiger partial charge < -0.3 is 0 Å². The van der Waals surface area contributed by atoms with Crippen molar-refractivity contribution in [3.63, 3.8) is 0 Å². The minimum atomic E-state index is -0.494. The van der Waals surface area contributed by atoms with Gasteiger partial charge in [-0.1, -0.05) is 11.6 Å². The van der Waals surface area contributed by atoms with Crippen LogP contribution in [-0.4, -0.2) is 14.7 Å². The van der Waals surface area contributed by atoms with Gasteiger partial charge in [0.25, 0.3) is 0 Å². The average molecular weight is 141 g/mol. The summed E-state index contributed by atoms with van der Waals surface area (Å²) < 4.78 is 0.917. The van der Waals surface area contributed by atoms with Crippen molar-refractivity contribution in [2.24, 2.45) is 0 Å². The van der Waals surface area contributed by atoms with Gasteiger partial charge in [-0.3, -0.25) is 0 Å². The van der Waals surface area contributed by atoms with E-state index in [1.807, 2.05) is 6.92 Å². The van der Waals surface area contributed by atoms with Crippen LogP contribution in [0.3, 0.4) is 0 Å². The fraction of sp³-hybridized carbons (Fsp3) is 0.400. The van der Waals surface area contributed by atoms with Gasteiger partial charge >= 0.3 is 0 Å². The van der Waals surface area contributed by atoms with Gasteiger partial charge in [-0.15, -0.1) is 0 Å². The molecule has 0 aliphatic heterocycles. The van der Waals surface area contributed by atoms with E-state index in [2.05, 4.69) is 4.98 Å². The number of aromatic nitrogens is 2. The molecule has 0 spiro atoms. The summed E-state index contributed by atoms with van der Waals surface area (Å²) in [5.41, 5.74) is 0. The van der Waals surface area contributed by atoms with Gasteiger partial charge in [0.2, 0.25) is 0 Å². The normalized spacial score (nSPS) is 9.70. The van der Waals surface area contributed by atoms with Crippen molar-refractivity contribution in [3.8, 4) is 0 Å². The molecule has 1 aromatic heterocycles. The van der Waals surface area contributed by atoms with E-state index in [1.165, 1.54) is 12.4 Å². The summed E-state index contributed by atoms with van der Waals surface area (Å²) in [5, 5.41) is 9.68. The summed E-state index contributed by atoms with van der Waals surface area (Å²) in [7, 11) is 0. The summed E-state index contributed by atoms with van der Waals surface area (Å²) in [6.45, 7) is 1.82. The first-order valence-corrected chi connectivity index (χ1v) is 2.92. The Morgan fingerprint density at radius 3 is 3.00 bits per heavy atom. The molecule has 54 valence electrons. The third-order valence-electron chi connectivity index (χ3n) is 1.19. The molecule has 10 heavy (non-hydrogen) atoms. The lowest BCUT2D eigenvalue weighted by Gasteiger charge is -1.91. The van der Waals surface area contributed by atoms with Crippen LogP contribution in [0, 0.1) is 10.1 Å². The highest BCUT2D eigenvalue weighted by molar-refractivity contribution is 4.87. The Bertz CT molecular complexity index is 243. The highest BCUT2D eigenvalue weighted by atomic mass is 16.7. The maximum atomic E-state index is 10.2. The smallest absolute Gasteiger partial charge is 0.175 e. The van der Waals surface area contributed by atoms with E-state index in [0.29, 0.717) is 12.2 Å². The van der Waals surface area contributed by atoms with E-state index in [-0.39, 0.29) is 0 Å². The van der Waals surface area contributed by atoms with E-state index >= 15 is 0 Å². The van der Waals surface area contributed by atoms with Gasteiger partial charge in [0.05, 0.1) is 12.4 Å².